The Kier molecular flexibility index (Phi) is 6.68. The van der Waals surface area contributed by atoms with Crippen LogP contribution in [-0.2, 0) is 4.79 Å². The van der Waals surface area contributed by atoms with E-state index in [1.165, 1.54) is 0 Å². The van der Waals surface area contributed by atoms with Crippen molar-refractivity contribution in [2.45, 2.75) is 26.2 Å². The van der Waals surface area contributed by atoms with Crippen molar-refractivity contribution < 1.29 is 9.53 Å². The van der Waals surface area contributed by atoms with Crippen LogP contribution in [0, 0.1) is 0 Å². The van der Waals surface area contributed by atoms with Crippen molar-refractivity contribution in [3.05, 3.63) is 84.4 Å². The van der Waals surface area contributed by atoms with Gasteiger partial charge in [-0.1, -0.05) is 50.2 Å². The number of ether oxygens (including phenoxy) is 1. The summed E-state index contributed by atoms with van der Waals surface area (Å²) in [5.74, 6) is 0.987. The third-order valence-corrected chi connectivity index (χ3v) is 4.65. The molecule has 4 nitrogen and oxygen atoms in total. The second kappa shape index (κ2) is 9.60. The molecule has 2 N–H and O–H groups in total. The van der Waals surface area contributed by atoms with Gasteiger partial charge in [0, 0.05) is 17.1 Å². The fourth-order valence-electron chi connectivity index (χ4n) is 2.90. The molecule has 1 amide bonds. The van der Waals surface area contributed by atoms with Crippen molar-refractivity contribution in [2.75, 3.05) is 17.2 Å². The van der Waals surface area contributed by atoms with Gasteiger partial charge in [0.15, 0.2) is 6.61 Å². The van der Waals surface area contributed by atoms with E-state index in [-0.39, 0.29) is 12.5 Å². The second-order valence-electron chi connectivity index (χ2n) is 6.75. The van der Waals surface area contributed by atoms with E-state index in [0.717, 1.165) is 34.8 Å². The van der Waals surface area contributed by atoms with Gasteiger partial charge in [-0.05, 0) is 60.4 Å². The number of nitrogens with one attached hydrogen (secondary N) is 2. The standard InChI is InChI=1S/C24H26N2O2/c1-3-18(2)22-11-7-8-12-23(22)28-17-24(27)26-21-15-13-20(14-16-21)25-19-9-5-4-6-10-19/h4-16,18,25H,3,17H2,1-2H3,(H,26,27). The van der Waals surface area contributed by atoms with Crippen LogP contribution in [0.25, 0.3) is 0 Å². The first kappa shape index (κ1) is 19.5. The molecular weight excluding hydrogens is 348 g/mol. The van der Waals surface area contributed by atoms with Gasteiger partial charge < -0.3 is 15.4 Å². The first-order valence-electron chi connectivity index (χ1n) is 9.59. The fraction of sp³-hybridized carbons (Fsp3) is 0.208. The zero-order chi connectivity index (χ0) is 19.8. The Morgan fingerprint density at radius 2 is 1.46 bits per heavy atom. The van der Waals surface area contributed by atoms with E-state index >= 15 is 0 Å². The van der Waals surface area contributed by atoms with Crippen LogP contribution >= 0.6 is 0 Å². The van der Waals surface area contributed by atoms with Gasteiger partial charge in [0.1, 0.15) is 5.75 Å². The van der Waals surface area contributed by atoms with Crippen LogP contribution in [0.3, 0.4) is 0 Å². The molecule has 144 valence electrons. The van der Waals surface area contributed by atoms with Crippen LogP contribution in [0.4, 0.5) is 17.1 Å². The molecule has 0 fully saturated rings. The Bertz CT molecular complexity index is 892. The lowest BCUT2D eigenvalue weighted by atomic mass is 9.98. The maximum Gasteiger partial charge on any atom is 0.262 e. The summed E-state index contributed by atoms with van der Waals surface area (Å²) in [6.45, 7) is 4.29. The van der Waals surface area contributed by atoms with Crippen molar-refractivity contribution >= 4 is 23.0 Å². The predicted octanol–water partition coefficient (Wildman–Crippen LogP) is 5.96. The van der Waals surface area contributed by atoms with Gasteiger partial charge in [0.25, 0.3) is 5.91 Å². The molecule has 0 saturated heterocycles. The van der Waals surface area contributed by atoms with Crippen molar-refractivity contribution in [2.24, 2.45) is 0 Å². The van der Waals surface area contributed by atoms with Gasteiger partial charge in [-0.3, -0.25) is 4.79 Å². The summed E-state index contributed by atoms with van der Waals surface area (Å²) in [4.78, 5) is 12.3. The largest absolute Gasteiger partial charge is 0.483 e. The zero-order valence-electron chi connectivity index (χ0n) is 16.3. The van der Waals surface area contributed by atoms with E-state index in [1.807, 2.05) is 72.8 Å². The Labute approximate surface area is 166 Å². The first-order chi connectivity index (χ1) is 13.7. The third kappa shape index (κ3) is 5.36. The van der Waals surface area contributed by atoms with Crippen LogP contribution in [0.2, 0.25) is 0 Å². The summed E-state index contributed by atoms with van der Waals surface area (Å²) < 4.78 is 5.77. The number of anilines is 3. The SMILES string of the molecule is CCC(C)c1ccccc1OCC(=O)Nc1ccc(Nc2ccccc2)cc1. The minimum atomic E-state index is -0.178. The van der Waals surface area contributed by atoms with Gasteiger partial charge >= 0.3 is 0 Å². The van der Waals surface area contributed by atoms with E-state index in [1.54, 1.807) is 0 Å². The number of benzene rings is 3. The van der Waals surface area contributed by atoms with Crippen molar-refractivity contribution in [3.63, 3.8) is 0 Å². The van der Waals surface area contributed by atoms with Crippen LogP contribution < -0.4 is 15.4 Å². The molecular formula is C24H26N2O2. The maximum atomic E-state index is 12.3. The van der Waals surface area contributed by atoms with Crippen LogP contribution in [-0.4, -0.2) is 12.5 Å². The average Bonchev–Trinajstić information content (AvgIpc) is 2.74. The van der Waals surface area contributed by atoms with E-state index in [0.29, 0.717) is 5.92 Å². The maximum absolute atomic E-state index is 12.3. The summed E-state index contributed by atoms with van der Waals surface area (Å²) in [6.07, 6.45) is 1.02. The number of carbonyl (C=O) groups excluding carboxylic acids is 1. The molecule has 0 bridgehead atoms. The number of carbonyl (C=O) groups is 1. The number of hydrogen-bond acceptors (Lipinski definition) is 3. The van der Waals surface area contributed by atoms with Crippen molar-refractivity contribution in [1.82, 2.24) is 0 Å². The van der Waals surface area contributed by atoms with E-state index in [4.69, 9.17) is 4.74 Å². The lowest BCUT2D eigenvalue weighted by Gasteiger charge is -2.15. The zero-order valence-corrected chi connectivity index (χ0v) is 16.3. The quantitative estimate of drug-likeness (QED) is 0.511. The molecule has 28 heavy (non-hydrogen) atoms. The van der Waals surface area contributed by atoms with Crippen LogP contribution in [0.15, 0.2) is 78.9 Å². The van der Waals surface area contributed by atoms with Crippen LogP contribution in [0.5, 0.6) is 5.75 Å². The predicted molar refractivity (Wildman–Crippen MR) is 115 cm³/mol. The summed E-state index contributed by atoms with van der Waals surface area (Å²) in [5, 5.41) is 6.19. The highest BCUT2D eigenvalue weighted by atomic mass is 16.5. The molecule has 0 spiro atoms. The topological polar surface area (TPSA) is 50.4 Å². The fourth-order valence-corrected chi connectivity index (χ4v) is 2.90. The molecule has 0 aliphatic carbocycles. The van der Waals surface area contributed by atoms with E-state index in [2.05, 4.69) is 30.5 Å². The highest BCUT2D eigenvalue weighted by molar-refractivity contribution is 5.92. The van der Waals surface area contributed by atoms with Crippen molar-refractivity contribution in [1.29, 1.82) is 0 Å². The van der Waals surface area contributed by atoms with Gasteiger partial charge in [-0.15, -0.1) is 0 Å². The van der Waals surface area contributed by atoms with Gasteiger partial charge in [0.2, 0.25) is 0 Å². The molecule has 1 atom stereocenters. The van der Waals surface area contributed by atoms with E-state index < -0.39 is 0 Å². The number of amides is 1. The Balaban J connectivity index is 1.54. The lowest BCUT2D eigenvalue weighted by molar-refractivity contribution is -0.118. The minimum Gasteiger partial charge on any atom is -0.483 e. The summed E-state index contributed by atoms with van der Waals surface area (Å²) in [7, 11) is 0. The molecule has 3 aromatic rings. The number of rotatable bonds is 8. The molecule has 0 radical (unpaired) electrons. The lowest BCUT2D eigenvalue weighted by Crippen LogP contribution is -2.20. The highest BCUT2D eigenvalue weighted by Crippen LogP contribution is 2.28. The Morgan fingerprint density at radius 3 is 2.18 bits per heavy atom. The summed E-state index contributed by atoms with van der Waals surface area (Å²) in [5.41, 5.74) is 3.85. The molecule has 0 aliphatic rings. The molecule has 4 heteroatoms. The molecule has 0 aromatic heterocycles. The third-order valence-electron chi connectivity index (χ3n) is 4.65. The van der Waals surface area contributed by atoms with E-state index in [9.17, 15) is 4.79 Å². The molecule has 0 saturated carbocycles. The smallest absolute Gasteiger partial charge is 0.262 e. The highest BCUT2D eigenvalue weighted by Gasteiger charge is 2.11. The van der Waals surface area contributed by atoms with Crippen molar-refractivity contribution in [3.8, 4) is 5.75 Å². The average molecular weight is 374 g/mol. The summed E-state index contributed by atoms with van der Waals surface area (Å²) in [6, 6.07) is 25.5. The Hall–Kier alpha value is -3.27. The molecule has 1 unspecified atom stereocenters. The minimum absolute atomic E-state index is 0.0164. The molecule has 3 rings (SSSR count). The first-order valence-corrected chi connectivity index (χ1v) is 9.59. The number of para-hydroxylation sites is 2. The second-order valence-corrected chi connectivity index (χ2v) is 6.75. The molecule has 3 aromatic carbocycles. The monoisotopic (exact) mass is 374 g/mol. The molecule has 0 heterocycles. The van der Waals surface area contributed by atoms with Crippen LogP contribution in [0.1, 0.15) is 31.7 Å². The normalized spacial score (nSPS) is 11.5. The molecule has 0 aliphatic heterocycles. The number of hydrogen-bond donors (Lipinski definition) is 2. The van der Waals surface area contributed by atoms with Gasteiger partial charge in [-0.25, -0.2) is 0 Å². The summed E-state index contributed by atoms with van der Waals surface area (Å²) >= 11 is 0. The van der Waals surface area contributed by atoms with Gasteiger partial charge in [0.05, 0.1) is 0 Å². The Morgan fingerprint density at radius 1 is 0.857 bits per heavy atom. The van der Waals surface area contributed by atoms with Gasteiger partial charge in [-0.2, -0.15) is 0 Å².